The Labute approximate surface area is 143 Å². The average molecular weight is 327 g/mol. The van der Waals surface area contributed by atoms with E-state index in [1.54, 1.807) is 0 Å². The van der Waals surface area contributed by atoms with Crippen LogP contribution in [-0.2, 0) is 4.79 Å². The summed E-state index contributed by atoms with van der Waals surface area (Å²) in [6.45, 7) is 2.61. The summed E-state index contributed by atoms with van der Waals surface area (Å²) in [5.74, 6) is 0.163. The quantitative estimate of drug-likeness (QED) is 0.862. The van der Waals surface area contributed by atoms with Crippen LogP contribution in [0.1, 0.15) is 55.3 Å². The highest BCUT2D eigenvalue weighted by molar-refractivity contribution is 6.05. The van der Waals surface area contributed by atoms with Gasteiger partial charge in [-0.1, -0.05) is 12.8 Å². The number of amides is 2. The number of fused-ring (bicyclic) bond motifs is 3. The molecular formula is C19H25N3O2. The summed E-state index contributed by atoms with van der Waals surface area (Å²) >= 11 is 0. The molecule has 2 fully saturated rings. The number of benzene rings is 1. The lowest BCUT2D eigenvalue weighted by Crippen LogP contribution is -2.50. The Bertz CT molecular complexity index is 650. The van der Waals surface area contributed by atoms with E-state index in [2.05, 4.69) is 10.2 Å². The fourth-order valence-electron chi connectivity index (χ4n) is 4.18. The lowest BCUT2D eigenvalue weighted by Gasteiger charge is -2.41. The molecule has 0 bridgehead atoms. The molecule has 24 heavy (non-hydrogen) atoms. The number of hydrogen-bond donors (Lipinski definition) is 1. The van der Waals surface area contributed by atoms with Crippen LogP contribution >= 0.6 is 0 Å². The van der Waals surface area contributed by atoms with E-state index in [1.165, 1.54) is 12.8 Å². The zero-order valence-corrected chi connectivity index (χ0v) is 14.1. The first-order chi connectivity index (χ1) is 11.7. The van der Waals surface area contributed by atoms with Crippen LogP contribution in [0.4, 0.5) is 11.4 Å². The summed E-state index contributed by atoms with van der Waals surface area (Å²) in [5, 5.41) is 3.02. The normalized spacial score (nSPS) is 23.8. The molecule has 0 aromatic heterocycles. The molecule has 1 aromatic rings. The molecule has 0 aliphatic carbocycles. The minimum atomic E-state index is -0.0431. The van der Waals surface area contributed by atoms with Crippen LogP contribution in [0.3, 0.4) is 0 Å². The molecule has 1 aromatic carbocycles. The van der Waals surface area contributed by atoms with Crippen LogP contribution in [-0.4, -0.2) is 42.4 Å². The molecule has 2 amide bonds. The third-order valence-electron chi connectivity index (χ3n) is 5.51. The van der Waals surface area contributed by atoms with E-state index in [0.717, 1.165) is 63.1 Å². The second-order valence-corrected chi connectivity index (χ2v) is 7.13. The van der Waals surface area contributed by atoms with Gasteiger partial charge in [0, 0.05) is 25.2 Å². The van der Waals surface area contributed by atoms with Gasteiger partial charge in [0.2, 0.25) is 5.91 Å². The third kappa shape index (κ3) is 2.76. The molecule has 5 nitrogen and oxygen atoms in total. The van der Waals surface area contributed by atoms with Gasteiger partial charge in [-0.05, 0) is 50.3 Å². The fourth-order valence-corrected chi connectivity index (χ4v) is 4.18. The highest BCUT2D eigenvalue weighted by Gasteiger charge is 2.34. The van der Waals surface area contributed by atoms with Gasteiger partial charge in [-0.15, -0.1) is 0 Å². The number of carbonyl (C=O) groups is 2. The van der Waals surface area contributed by atoms with Crippen molar-refractivity contribution in [2.75, 3.05) is 29.9 Å². The molecular weight excluding hydrogens is 302 g/mol. The lowest BCUT2D eigenvalue weighted by molar-refractivity contribution is -0.118. The molecule has 0 spiro atoms. The third-order valence-corrected chi connectivity index (χ3v) is 5.51. The Morgan fingerprint density at radius 1 is 1.00 bits per heavy atom. The van der Waals surface area contributed by atoms with Gasteiger partial charge in [0.1, 0.15) is 6.04 Å². The molecule has 1 atom stereocenters. The fraction of sp³-hybridized carbons (Fsp3) is 0.579. The Morgan fingerprint density at radius 2 is 1.75 bits per heavy atom. The number of hydrogen-bond acceptors (Lipinski definition) is 3. The Balaban J connectivity index is 1.60. The summed E-state index contributed by atoms with van der Waals surface area (Å²) in [4.78, 5) is 29.3. The highest BCUT2D eigenvalue weighted by Crippen LogP contribution is 2.36. The average Bonchev–Trinajstić information content (AvgIpc) is 2.90. The zero-order chi connectivity index (χ0) is 16.5. The van der Waals surface area contributed by atoms with Gasteiger partial charge in [0.25, 0.3) is 5.91 Å². The second kappa shape index (κ2) is 6.46. The molecule has 0 radical (unpaired) electrons. The molecule has 2 saturated heterocycles. The number of nitrogens with one attached hydrogen (secondary N) is 1. The van der Waals surface area contributed by atoms with Crippen LogP contribution in [0.5, 0.6) is 0 Å². The van der Waals surface area contributed by atoms with Gasteiger partial charge in [-0.2, -0.15) is 0 Å². The second-order valence-electron chi connectivity index (χ2n) is 7.13. The van der Waals surface area contributed by atoms with Crippen molar-refractivity contribution in [3.63, 3.8) is 0 Å². The minimum Gasteiger partial charge on any atom is -0.358 e. The number of rotatable bonds is 1. The first-order valence-corrected chi connectivity index (χ1v) is 9.25. The summed E-state index contributed by atoms with van der Waals surface area (Å²) < 4.78 is 0. The molecule has 3 aliphatic rings. The first-order valence-electron chi connectivity index (χ1n) is 9.25. The van der Waals surface area contributed by atoms with Crippen molar-refractivity contribution in [3.05, 3.63) is 23.8 Å². The van der Waals surface area contributed by atoms with Crippen LogP contribution in [0, 0.1) is 0 Å². The minimum absolute atomic E-state index is 0.0431. The van der Waals surface area contributed by atoms with Crippen LogP contribution in [0.2, 0.25) is 0 Å². The molecule has 0 saturated carbocycles. The van der Waals surface area contributed by atoms with Crippen molar-refractivity contribution < 1.29 is 9.59 Å². The van der Waals surface area contributed by atoms with Gasteiger partial charge in [-0.3, -0.25) is 9.59 Å². The topological polar surface area (TPSA) is 52.7 Å². The van der Waals surface area contributed by atoms with Crippen molar-refractivity contribution in [3.8, 4) is 0 Å². The van der Waals surface area contributed by atoms with E-state index in [-0.39, 0.29) is 17.9 Å². The highest BCUT2D eigenvalue weighted by atomic mass is 16.2. The van der Waals surface area contributed by atoms with Crippen molar-refractivity contribution in [1.29, 1.82) is 0 Å². The van der Waals surface area contributed by atoms with E-state index in [0.29, 0.717) is 5.56 Å². The smallest absolute Gasteiger partial charge is 0.253 e. The van der Waals surface area contributed by atoms with Crippen LogP contribution in [0.25, 0.3) is 0 Å². The zero-order valence-electron chi connectivity index (χ0n) is 14.1. The molecule has 1 N–H and O–H groups in total. The van der Waals surface area contributed by atoms with Gasteiger partial charge in [0.15, 0.2) is 0 Å². The molecule has 3 heterocycles. The Morgan fingerprint density at radius 3 is 2.54 bits per heavy atom. The summed E-state index contributed by atoms with van der Waals surface area (Å²) in [6, 6.07) is 5.76. The number of piperidine rings is 1. The number of likely N-dealkylation sites (tertiary alicyclic amines) is 1. The number of nitrogens with zero attached hydrogens (tertiary/aromatic N) is 2. The van der Waals surface area contributed by atoms with Gasteiger partial charge in [-0.25, -0.2) is 0 Å². The maximum Gasteiger partial charge on any atom is 0.253 e. The van der Waals surface area contributed by atoms with E-state index >= 15 is 0 Å². The maximum atomic E-state index is 12.8. The van der Waals surface area contributed by atoms with Crippen molar-refractivity contribution in [2.45, 2.75) is 51.0 Å². The largest absolute Gasteiger partial charge is 0.358 e. The predicted molar refractivity (Wildman–Crippen MR) is 94.4 cm³/mol. The molecule has 5 heteroatoms. The Kier molecular flexibility index (Phi) is 4.17. The van der Waals surface area contributed by atoms with Crippen LogP contribution in [0.15, 0.2) is 18.2 Å². The summed E-state index contributed by atoms with van der Waals surface area (Å²) in [7, 11) is 0. The van der Waals surface area contributed by atoms with E-state index in [1.807, 2.05) is 23.1 Å². The van der Waals surface area contributed by atoms with E-state index in [4.69, 9.17) is 0 Å². The van der Waals surface area contributed by atoms with Gasteiger partial charge >= 0.3 is 0 Å². The monoisotopic (exact) mass is 327 g/mol. The van der Waals surface area contributed by atoms with E-state index < -0.39 is 0 Å². The van der Waals surface area contributed by atoms with Crippen molar-refractivity contribution in [1.82, 2.24) is 4.90 Å². The molecule has 4 rings (SSSR count). The van der Waals surface area contributed by atoms with E-state index in [9.17, 15) is 9.59 Å². The molecule has 0 unspecified atom stereocenters. The van der Waals surface area contributed by atoms with Crippen molar-refractivity contribution >= 4 is 23.2 Å². The van der Waals surface area contributed by atoms with Crippen LogP contribution < -0.4 is 10.2 Å². The standard InChI is InChI=1S/C19H25N3O2/c23-18-17-7-3-6-12-22(17)16-9-8-14(13-15(16)20-18)19(24)21-10-4-1-2-5-11-21/h8-9,13,17H,1-7,10-12H2,(H,20,23)/t17-/m1/s1. The molecule has 3 aliphatic heterocycles. The van der Waals surface area contributed by atoms with Gasteiger partial charge < -0.3 is 15.1 Å². The maximum absolute atomic E-state index is 12.8. The lowest BCUT2D eigenvalue weighted by atomic mass is 9.96. The van der Waals surface area contributed by atoms with Gasteiger partial charge in [0.05, 0.1) is 11.4 Å². The van der Waals surface area contributed by atoms with Crippen molar-refractivity contribution in [2.24, 2.45) is 0 Å². The number of anilines is 2. The first kappa shape index (κ1) is 15.5. The Hall–Kier alpha value is -2.04. The SMILES string of the molecule is O=C1Nc2cc(C(=O)N3CCCCCC3)ccc2N2CCCC[C@H]12. The summed E-state index contributed by atoms with van der Waals surface area (Å²) in [5.41, 5.74) is 2.54. The number of carbonyl (C=O) groups excluding carboxylic acids is 2. The summed E-state index contributed by atoms with van der Waals surface area (Å²) in [6.07, 6.45) is 7.74. The predicted octanol–water partition coefficient (Wildman–Crippen LogP) is 3.01. The molecule has 128 valence electrons.